The van der Waals surface area contributed by atoms with E-state index in [0.29, 0.717) is 30.9 Å². The van der Waals surface area contributed by atoms with Crippen molar-refractivity contribution in [1.82, 2.24) is 9.97 Å². The van der Waals surface area contributed by atoms with E-state index >= 15 is 0 Å². The molecule has 0 radical (unpaired) electrons. The second kappa shape index (κ2) is 13.7. The van der Waals surface area contributed by atoms with Gasteiger partial charge in [0.15, 0.2) is 0 Å². The van der Waals surface area contributed by atoms with Crippen molar-refractivity contribution in [2.24, 2.45) is 5.73 Å². The molecular formula is C27H36N4O4S2. The lowest BCUT2D eigenvalue weighted by Gasteiger charge is -2.12. The molecule has 1 atom stereocenters. The van der Waals surface area contributed by atoms with E-state index in [1.807, 2.05) is 24.3 Å². The summed E-state index contributed by atoms with van der Waals surface area (Å²) in [7, 11) is 0. The van der Waals surface area contributed by atoms with E-state index in [2.05, 4.69) is 36.1 Å². The van der Waals surface area contributed by atoms with Gasteiger partial charge in [-0.25, -0.2) is 9.97 Å². The molecule has 3 rings (SSSR count). The van der Waals surface area contributed by atoms with Gasteiger partial charge >= 0.3 is 0 Å². The zero-order chi connectivity index (χ0) is 26.8. The van der Waals surface area contributed by atoms with Crippen LogP contribution in [0.2, 0.25) is 0 Å². The van der Waals surface area contributed by atoms with Gasteiger partial charge in [0, 0.05) is 24.1 Å². The molecule has 8 nitrogen and oxygen atoms in total. The summed E-state index contributed by atoms with van der Waals surface area (Å²) in [6, 6.07) is 7.48. The quantitative estimate of drug-likeness (QED) is 0.183. The smallest absolute Gasteiger partial charge is 0.227 e. The number of amides is 2. The Bertz CT molecular complexity index is 1150. The standard InChI is InChI=1S/C27H36N4O4S2/c1-27(2,3)21-15-29-23(35-21)17-36-24-16-30-26(37-24)20(25(28)34)7-5-4-6-8-22(33)31-19-11-9-18(10-12-19)13-14-32/h9-12,15-16,20,32H,4-8,13-14,17H2,1-3H3,(H2,28,34)(H,31,33). The number of nitrogens with zero attached hydrogens (tertiary/aromatic N) is 2. The molecule has 0 aliphatic rings. The average Bonchev–Trinajstić information content (AvgIpc) is 3.51. The molecule has 0 aliphatic carbocycles. The fourth-order valence-electron chi connectivity index (χ4n) is 3.66. The molecule has 0 saturated heterocycles. The lowest BCUT2D eigenvalue weighted by atomic mass is 9.94. The number of carbonyl (C=O) groups is 2. The third-order valence-electron chi connectivity index (χ3n) is 5.81. The SMILES string of the molecule is CC(C)(C)c1cnc(CSc2cnc(C(CCCCCC(=O)Nc3ccc(CCO)cc3)C(N)=O)s2)o1. The van der Waals surface area contributed by atoms with Gasteiger partial charge in [-0.1, -0.05) is 45.7 Å². The highest BCUT2D eigenvalue weighted by Gasteiger charge is 2.22. The number of thiazole rings is 1. The first-order valence-corrected chi connectivity index (χ1v) is 14.3. The minimum Gasteiger partial charge on any atom is -0.444 e. The van der Waals surface area contributed by atoms with Crippen LogP contribution in [0.15, 0.2) is 45.3 Å². The van der Waals surface area contributed by atoms with Gasteiger partial charge in [-0.2, -0.15) is 0 Å². The molecular weight excluding hydrogens is 508 g/mol. The lowest BCUT2D eigenvalue weighted by molar-refractivity contribution is -0.119. The van der Waals surface area contributed by atoms with E-state index in [4.69, 9.17) is 15.3 Å². The minimum absolute atomic E-state index is 0.0383. The maximum absolute atomic E-state index is 12.2. The normalized spacial score (nSPS) is 12.4. The Morgan fingerprint density at radius 3 is 2.54 bits per heavy atom. The number of benzene rings is 1. The van der Waals surface area contributed by atoms with Crippen LogP contribution in [0.5, 0.6) is 0 Å². The molecule has 200 valence electrons. The van der Waals surface area contributed by atoms with Crippen molar-refractivity contribution in [3.05, 3.63) is 58.9 Å². The number of nitrogens with one attached hydrogen (secondary N) is 1. The number of hydrogen-bond acceptors (Lipinski definition) is 8. The van der Waals surface area contributed by atoms with Crippen molar-refractivity contribution < 1.29 is 19.1 Å². The Balaban J connectivity index is 1.40. The highest BCUT2D eigenvalue weighted by atomic mass is 32.2. The van der Waals surface area contributed by atoms with Crippen molar-refractivity contribution in [3.8, 4) is 0 Å². The Kier molecular flexibility index (Phi) is 10.7. The number of aliphatic hydroxyl groups excluding tert-OH is 1. The van der Waals surface area contributed by atoms with Crippen LogP contribution in [0.3, 0.4) is 0 Å². The van der Waals surface area contributed by atoms with Gasteiger partial charge in [-0.3, -0.25) is 9.59 Å². The van der Waals surface area contributed by atoms with E-state index in [1.54, 1.807) is 24.2 Å². The highest BCUT2D eigenvalue weighted by Crippen LogP contribution is 2.34. The molecule has 1 aromatic carbocycles. The molecule has 2 amide bonds. The second-order valence-electron chi connectivity index (χ2n) is 9.95. The van der Waals surface area contributed by atoms with Crippen LogP contribution in [-0.4, -0.2) is 33.5 Å². The van der Waals surface area contributed by atoms with Crippen LogP contribution in [0, 0.1) is 0 Å². The second-order valence-corrected chi connectivity index (χ2v) is 12.3. The molecule has 2 heterocycles. The number of oxazole rings is 1. The van der Waals surface area contributed by atoms with Gasteiger partial charge in [-0.15, -0.1) is 23.1 Å². The maximum atomic E-state index is 12.2. The Morgan fingerprint density at radius 2 is 1.89 bits per heavy atom. The van der Waals surface area contributed by atoms with Crippen molar-refractivity contribution >= 4 is 40.6 Å². The van der Waals surface area contributed by atoms with Gasteiger partial charge in [-0.05, 0) is 37.0 Å². The number of aromatic nitrogens is 2. The van der Waals surface area contributed by atoms with Gasteiger partial charge in [0.2, 0.25) is 17.7 Å². The number of rotatable bonds is 14. The summed E-state index contributed by atoms with van der Waals surface area (Å²) < 4.78 is 6.83. The average molecular weight is 545 g/mol. The largest absolute Gasteiger partial charge is 0.444 e. The third kappa shape index (κ3) is 9.28. The summed E-state index contributed by atoms with van der Waals surface area (Å²) in [6.45, 7) is 6.35. The number of carbonyl (C=O) groups excluding carboxylic acids is 2. The Morgan fingerprint density at radius 1 is 1.14 bits per heavy atom. The zero-order valence-electron chi connectivity index (χ0n) is 21.7. The minimum atomic E-state index is -0.431. The van der Waals surface area contributed by atoms with Crippen LogP contribution in [0.25, 0.3) is 0 Å². The van der Waals surface area contributed by atoms with Crippen LogP contribution < -0.4 is 11.1 Å². The first kappa shape index (κ1) is 28.9. The fraction of sp³-hybridized carbons (Fsp3) is 0.481. The number of nitrogens with two attached hydrogens (primary N) is 1. The molecule has 0 spiro atoms. The van der Waals surface area contributed by atoms with Gasteiger partial charge in [0.05, 0.1) is 28.3 Å². The van der Waals surface area contributed by atoms with E-state index in [0.717, 1.165) is 45.5 Å². The molecule has 10 heteroatoms. The molecule has 0 bridgehead atoms. The highest BCUT2D eigenvalue weighted by molar-refractivity contribution is 8.00. The summed E-state index contributed by atoms with van der Waals surface area (Å²) in [5, 5.41) is 12.6. The summed E-state index contributed by atoms with van der Waals surface area (Å²) in [4.78, 5) is 33.1. The molecule has 37 heavy (non-hydrogen) atoms. The van der Waals surface area contributed by atoms with Gasteiger partial charge in [0.25, 0.3) is 0 Å². The monoisotopic (exact) mass is 544 g/mol. The molecule has 3 aromatic rings. The number of aliphatic hydroxyl groups is 1. The predicted octanol–water partition coefficient (Wildman–Crippen LogP) is 5.41. The van der Waals surface area contributed by atoms with E-state index < -0.39 is 5.92 Å². The van der Waals surface area contributed by atoms with Crippen molar-refractivity contribution in [2.45, 2.75) is 80.6 Å². The number of primary amides is 1. The lowest BCUT2D eigenvalue weighted by Crippen LogP contribution is -2.21. The number of anilines is 1. The Hall–Kier alpha value is -2.69. The maximum Gasteiger partial charge on any atom is 0.227 e. The molecule has 2 aromatic heterocycles. The summed E-state index contributed by atoms with van der Waals surface area (Å²) in [5.41, 5.74) is 7.37. The summed E-state index contributed by atoms with van der Waals surface area (Å²) >= 11 is 3.06. The van der Waals surface area contributed by atoms with Crippen molar-refractivity contribution in [2.75, 3.05) is 11.9 Å². The van der Waals surface area contributed by atoms with Crippen LogP contribution in [0.1, 0.15) is 81.0 Å². The molecule has 0 saturated carbocycles. The molecule has 4 N–H and O–H groups in total. The Labute approximate surface area is 226 Å². The zero-order valence-corrected chi connectivity index (χ0v) is 23.3. The van der Waals surface area contributed by atoms with Crippen LogP contribution in [0.4, 0.5) is 5.69 Å². The number of hydrogen-bond donors (Lipinski definition) is 3. The first-order chi connectivity index (χ1) is 17.7. The third-order valence-corrected chi connectivity index (χ3v) is 8.10. The number of thioether (sulfide) groups is 1. The number of unbranched alkanes of at least 4 members (excludes halogenated alkanes) is 2. The fourth-order valence-corrected chi connectivity index (χ4v) is 5.65. The van der Waals surface area contributed by atoms with Crippen molar-refractivity contribution in [1.29, 1.82) is 0 Å². The summed E-state index contributed by atoms with van der Waals surface area (Å²) in [6.07, 6.45) is 7.50. The van der Waals surface area contributed by atoms with Crippen molar-refractivity contribution in [3.63, 3.8) is 0 Å². The van der Waals surface area contributed by atoms with Gasteiger partial charge < -0.3 is 20.6 Å². The van der Waals surface area contributed by atoms with E-state index in [9.17, 15) is 9.59 Å². The molecule has 0 fully saturated rings. The van der Waals surface area contributed by atoms with Crippen LogP contribution >= 0.6 is 23.1 Å². The summed E-state index contributed by atoms with van der Waals surface area (Å²) in [5.74, 6) is 1.26. The van der Waals surface area contributed by atoms with Gasteiger partial charge in [0.1, 0.15) is 10.8 Å². The predicted molar refractivity (Wildman–Crippen MR) is 148 cm³/mol. The first-order valence-electron chi connectivity index (χ1n) is 12.5. The molecule has 0 aliphatic heterocycles. The molecule has 1 unspecified atom stereocenters. The van der Waals surface area contributed by atoms with Crippen LogP contribution in [-0.2, 0) is 27.2 Å². The van der Waals surface area contributed by atoms with E-state index in [1.165, 1.54) is 11.3 Å². The van der Waals surface area contributed by atoms with E-state index in [-0.39, 0.29) is 23.8 Å². The topological polar surface area (TPSA) is 131 Å².